The van der Waals surface area contributed by atoms with Crippen LogP contribution in [0.2, 0.25) is 0 Å². The van der Waals surface area contributed by atoms with E-state index >= 15 is 0 Å². The Morgan fingerprint density at radius 2 is 1.96 bits per heavy atom. The van der Waals surface area contributed by atoms with Gasteiger partial charge in [-0.3, -0.25) is 9.79 Å². The van der Waals surface area contributed by atoms with Crippen LogP contribution in [-0.4, -0.2) is 25.1 Å². The molecule has 2 aliphatic rings. The van der Waals surface area contributed by atoms with Gasteiger partial charge in [-0.25, -0.2) is 0 Å². The third kappa shape index (κ3) is 3.93. The van der Waals surface area contributed by atoms with E-state index < -0.39 is 0 Å². The van der Waals surface area contributed by atoms with Crippen LogP contribution < -0.4 is 4.90 Å². The average molecular weight is 344 g/mol. The lowest BCUT2D eigenvalue weighted by Crippen LogP contribution is -2.22. The van der Waals surface area contributed by atoms with E-state index in [4.69, 9.17) is 0 Å². The van der Waals surface area contributed by atoms with Crippen LogP contribution in [0.1, 0.15) is 29.5 Å². The van der Waals surface area contributed by atoms with Gasteiger partial charge in [0.25, 0.3) is 0 Å². The molecule has 132 valence electrons. The normalized spacial score (nSPS) is 15.2. The summed E-state index contributed by atoms with van der Waals surface area (Å²) in [6, 6.07) is 16.8. The van der Waals surface area contributed by atoms with E-state index in [0.717, 1.165) is 43.6 Å². The summed E-state index contributed by atoms with van der Waals surface area (Å²) in [5.41, 5.74) is 6.17. The second kappa shape index (κ2) is 7.69. The van der Waals surface area contributed by atoms with Crippen LogP contribution in [0.15, 0.2) is 65.3 Å². The number of aryl methyl sites for hydroxylation is 1. The summed E-state index contributed by atoms with van der Waals surface area (Å²) in [5.74, 6) is 0.307. The minimum atomic E-state index is 0.307. The number of benzene rings is 2. The number of aliphatic imine (C=N–C) groups is 1. The molecule has 2 aromatic rings. The second-order valence-corrected chi connectivity index (χ2v) is 7.08. The van der Waals surface area contributed by atoms with E-state index in [2.05, 4.69) is 46.3 Å². The lowest BCUT2D eigenvalue weighted by molar-refractivity contribution is -0.118. The number of allylic oxidation sites excluding steroid dienone is 1. The molecule has 0 spiro atoms. The van der Waals surface area contributed by atoms with Gasteiger partial charge in [-0.05, 0) is 35.6 Å². The van der Waals surface area contributed by atoms with Crippen molar-refractivity contribution < 1.29 is 4.79 Å². The maximum Gasteiger partial charge on any atom is 0.137 e. The molecule has 3 heteroatoms. The summed E-state index contributed by atoms with van der Waals surface area (Å²) in [5, 5.41) is 0. The van der Waals surface area contributed by atoms with Crippen molar-refractivity contribution in [3.05, 3.63) is 77.0 Å². The molecular formula is C23H24N2O. The van der Waals surface area contributed by atoms with Gasteiger partial charge in [0.2, 0.25) is 0 Å². The number of nitrogens with zero attached hydrogens (tertiary/aromatic N) is 2. The number of carbonyl (C=O) groups is 1. The highest BCUT2D eigenvalue weighted by Gasteiger charge is 2.21. The van der Waals surface area contributed by atoms with Gasteiger partial charge in [-0.15, -0.1) is 0 Å². The molecule has 0 aromatic heterocycles. The lowest BCUT2D eigenvalue weighted by Gasteiger charge is -2.19. The van der Waals surface area contributed by atoms with Crippen LogP contribution in [0.25, 0.3) is 0 Å². The average Bonchev–Trinajstić information content (AvgIpc) is 3.32. The van der Waals surface area contributed by atoms with Gasteiger partial charge in [0.1, 0.15) is 5.78 Å². The largest absolute Gasteiger partial charge is 0.365 e. The zero-order valence-electron chi connectivity index (χ0n) is 15.0. The lowest BCUT2D eigenvalue weighted by atomic mass is 10.0. The Labute approximate surface area is 155 Å². The highest BCUT2D eigenvalue weighted by atomic mass is 16.1. The molecule has 0 unspecified atom stereocenters. The molecule has 2 aliphatic heterocycles. The fourth-order valence-corrected chi connectivity index (χ4v) is 3.72. The zero-order chi connectivity index (χ0) is 17.8. The van der Waals surface area contributed by atoms with Gasteiger partial charge in [-0.2, -0.15) is 0 Å². The fourth-order valence-electron chi connectivity index (χ4n) is 3.72. The van der Waals surface area contributed by atoms with Gasteiger partial charge in [0.05, 0.1) is 12.2 Å². The number of Topliss-reactive ketones (excluding diaryl/α,β-unsaturated/α-hetero) is 1. The maximum absolute atomic E-state index is 12.4. The van der Waals surface area contributed by atoms with Gasteiger partial charge < -0.3 is 4.90 Å². The SMILES string of the molecule is O=C(CCc1ccccc1)Cc1ccc2c(c1)N(CC1=CCC=N1)CC2. The predicted octanol–water partition coefficient (Wildman–Crippen LogP) is 4.15. The first-order valence-electron chi connectivity index (χ1n) is 9.42. The Morgan fingerprint density at radius 3 is 2.77 bits per heavy atom. The van der Waals surface area contributed by atoms with Crippen LogP contribution in [0.3, 0.4) is 0 Å². The molecule has 0 saturated carbocycles. The van der Waals surface area contributed by atoms with Crippen molar-refractivity contribution in [1.29, 1.82) is 0 Å². The van der Waals surface area contributed by atoms with Crippen LogP contribution in [0.4, 0.5) is 5.69 Å². The van der Waals surface area contributed by atoms with E-state index in [0.29, 0.717) is 18.6 Å². The van der Waals surface area contributed by atoms with E-state index in [1.54, 1.807) is 0 Å². The molecule has 0 fully saturated rings. The van der Waals surface area contributed by atoms with Crippen molar-refractivity contribution in [3.8, 4) is 0 Å². The molecule has 2 heterocycles. The van der Waals surface area contributed by atoms with Crippen LogP contribution in [0.5, 0.6) is 0 Å². The van der Waals surface area contributed by atoms with Crippen molar-refractivity contribution in [2.45, 2.75) is 32.1 Å². The summed E-state index contributed by atoms with van der Waals surface area (Å²) >= 11 is 0. The summed E-state index contributed by atoms with van der Waals surface area (Å²) in [6.07, 6.45) is 8.13. The minimum absolute atomic E-state index is 0.307. The van der Waals surface area contributed by atoms with Gasteiger partial charge in [0.15, 0.2) is 0 Å². The fraction of sp³-hybridized carbons (Fsp3) is 0.304. The summed E-state index contributed by atoms with van der Waals surface area (Å²) in [4.78, 5) is 19.2. The van der Waals surface area contributed by atoms with E-state index in [1.807, 2.05) is 24.4 Å². The van der Waals surface area contributed by atoms with Crippen LogP contribution in [-0.2, 0) is 24.1 Å². The van der Waals surface area contributed by atoms with Crippen LogP contribution in [0, 0.1) is 0 Å². The Bertz CT molecular complexity index is 852. The number of fused-ring (bicyclic) bond motifs is 1. The minimum Gasteiger partial charge on any atom is -0.365 e. The third-order valence-corrected chi connectivity index (χ3v) is 5.15. The van der Waals surface area contributed by atoms with Crippen molar-refractivity contribution >= 4 is 17.7 Å². The first-order valence-corrected chi connectivity index (χ1v) is 9.42. The predicted molar refractivity (Wildman–Crippen MR) is 107 cm³/mol. The maximum atomic E-state index is 12.4. The summed E-state index contributed by atoms with van der Waals surface area (Å²) in [6.45, 7) is 1.91. The molecule has 0 atom stereocenters. The third-order valence-electron chi connectivity index (χ3n) is 5.15. The number of ketones is 1. The monoisotopic (exact) mass is 344 g/mol. The molecule has 0 saturated heterocycles. The number of hydrogen-bond donors (Lipinski definition) is 0. The molecule has 26 heavy (non-hydrogen) atoms. The second-order valence-electron chi connectivity index (χ2n) is 7.08. The molecular weight excluding hydrogens is 320 g/mol. The Hall–Kier alpha value is -2.68. The number of hydrogen-bond acceptors (Lipinski definition) is 3. The molecule has 0 amide bonds. The molecule has 0 radical (unpaired) electrons. The standard InChI is InChI=1S/C23H24N2O/c26-22(11-9-18-5-2-1-3-6-18)15-19-8-10-20-12-14-25(23(20)16-19)17-21-7-4-13-24-21/h1-3,5-8,10,13,16H,4,9,11-12,14-15,17H2. The number of carbonyl (C=O) groups excluding carboxylic acids is 1. The van der Waals surface area contributed by atoms with Gasteiger partial charge in [-0.1, -0.05) is 48.5 Å². The molecule has 2 aromatic carbocycles. The topological polar surface area (TPSA) is 32.7 Å². The van der Waals surface area contributed by atoms with E-state index in [9.17, 15) is 4.79 Å². The van der Waals surface area contributed by atoms with Crippen molar-refractivity contribution in [2.24, 2.45) is 4.99 Å². The molecule has 0 aliphatic carbocycles. The Morgan fingerprint density at radius 1 is 1.08 bits per heavy atom. The number of anilines is 1. The van der Waals surface area contributed by atoms with Crippen LogP contribution >= 0.6 is 0 Å². The van der Waals surface area contributed by atoms with Gasteiger partial charge >= 0.3 is 0 Å². The highest BCUT2D eigenvalue weighted by molar-refractivity contribution is 5.81. The van der Waals surface area contributed by atoms with E-state index in [-0.39, 0.29) is 0 Å². The summed E-state index contributed by atoms with van der Waals surface area (Å²) < 4.78 is 0. The Kier molecular flexibility index (Phi) is 4.96. The first-order chi connectivity index (χ1) is 12.8. The molecule has 3 nitrogen and oxygen atoms in total. The molecule has 0 N–H and O–H groups in total. The van der Waals surface area contributed by atoms with E-state index in [1.165, 1.54) is 16.8 Å². The quantitative estimate of drug-likeness (QED) is 0.756. The van der Waals surface area contributed by atoms with Crippen molar-refractivity contribution in [1.82, 2.24) is 0 Å². The Balaban J connectivity index is 1.38. The summed E-state index contributed by atoms with van der Waals surface area (Å²) in [7, 11) is 0. The molecule has 0 bridgehead atoms. The van der Waals surface area contributed by atoms with Crippen molar-refractivity contribution in [2.75, 3.05) is 18.0 Å². The highest BCUT2D eigenvalue weighted by Crippen LogP contribution is 2.30. The smallest absolute Gasteiger partial charge is 0.137 e. The van der Waals surface area contributed by atoms with Gasteiger partial charge in [0, 0.05) is 37.7 Å². The van der Waals surface area contributed by atoms with Crippen molar-refractivity contribution in [3.63, 3.8) is 0 Å². The number of rotatable bonds is 7. The molecule has 4 rings (SSSR count). The first kappa shape index (κ1) is 16.8. The zero-order valence-corrected chi connectivity index (χ0v) is 15.0.